The van der Waals surface area contributed by atoms with E-state index in [0.29, 0.717) is 19.5 Å². The van der Waals surface area contributed by atoms with Crippen molar-refractivity contribution >= 4 is 12.0 Å². The summed E-state index contributed by atoms with van der Waals surface area (Å²) >= 11 is 0. The van der Waals surface area contributed by atoms with Gasteiger partial charge in [0.1, 0.15) is 0 Å². The summed E-state index contributed by atoms with van der Waals surface area (Å²) < 4.78 is 31.9. The fourth-order valence-corrected chi connectivity index (χ4v) is 3.04. The van der Waals surface area contributed by atoms with E-state index in [1.807, 2.05) is 6.92 Å². The minimum absolute atomic E-state index is 0.0295. The third kappa shape index (κ3) is 3.83. The molecule has 0 unspecified atom stereocenters. The largest absolute Gasteiger partial charge is 0.469 e. The number of amides is 2. The van der Waals surface area contributed by atoms with E-state index in [0.717, 1.165) is 6.07 Å². The fourth-order valence-electron chi connectivity index (χ4n) is 3.04. The number of carbonyl (C=O) groups is 2. The van der Waals surface area contributed by atoms with Crippen LogP contribution in [0.5, 0.6) is 0 Å². The molecule has 0 radical (unpaired) electrons. The highest BCUT2D eigenvalue weighted by Crippen LogP contribution is 2.25. The van der Waals surface area contributed by atoms with E-state index >= 15 is 0 Å². The molecular formula is C17H22F2N2O3. The molecule has 0 spiro atoms. The molecule has 7 heteroatoms. The number of piperidine rings is 1. The second-order valence-electron chi connectivity index (χ2n) is 6.16. The summed E-state index contributed by atoms with van der Waals surface area (Å²) in [7, 11) is 1.35. The molecule has 0 saturated carbocycles. The molecule has 0 aromatic heterocycles. The molecule has 2 rings (SSSR count). The topological polar surface area (TPSA) is 58.6 Å². The Balaban J connectivity index is 1.98. The number of methoxy groups -OCH3 is 1. The smallest absolute Gasteiger partial charge is 0.317 e. The minimum atomic E-state index is -0.955. The van der Waals surface area contributed by atoms with Crippen molar-refractivity contribution in [2.75, 3.05) is 20.2 Å². The Bertz CT molecular complexity index is 624. The zero-order valence-electron chi connectivity index (χ0n) is 14.0. The first-order valence-electron chi connectivity index (χ1n) is 7.92. The van der Waals surface area contributed by atoms with E-state index in [1.54, 1.807) is 11.8 Å². The van der Waals surface area contributed by atoms with E-state index < -0.39 is 17.7 Å². The summed E-state index contributed by atoms with van der Waals surface area (Å²) in [5.41, 5.74) is 0.0980. The first-order valence-corrected chi connectivity index (χ1v) is 7.92. The molecule has 3 atom stereocenters. The first-order chi connectivity index (χ1) is 11.3. The highest BCUT2D eigenvalue weighted by atomic mass is 19.2. The molecule has 24 heavy (non-hydrogen) atoms. The molecule has 0 bridgehead atoms. The summed E-state index contributed by atoms with van der Waals surface area (Å²) in [4.78, 5) is 25.6. The van der Waals surface area contributed by atoms with E-state index in [9.17, 15) is 18.4 Å². The van der Waals surface area contributed by atoms with Gasteiger partial charge < -0.3 is 15.0 Å². The molecule has 1 aliphatic heterocycles. The van der Waals surface area contributed by atoms with Crippen molar-refractivity contribution in [2.45, 2.75) is 26.3 Å². The molecule has 1 fully saturated rings. The predicted octanol–water partition coefficient (Wildman–Crippen LogP) is 2.87. The quantitative estimate of drug-likeness (QED) is 0.861. The van der Waals surface area contributed by atoms with Crippen LogP contribution in [0.2, 0.25) is 0 Å². The van der Waals surface area contributed by atoms with Gasteiger partial charge in [0.25, 0.3) is 0 Å². The van der Waals surface area contributed by atoms with Crippen molar-refractivity contribution in [3.8, 4) is 0 Å². The molecule has 1 N–H and O–H groups in total. The zero-order valence-corrected chi connectivity index (χ0v) is 14.0. The molecule has 1 heterocycles. The summed E-state index contributed by atoms with van der Waals surface area (Å²) in [5, 5.41) is 2.68. The zero-order chi connectivity index (χ0) is 17.9. The Morgan fingerprint density at radius 1 is 1.38 bits per heavy atom. The van der Waals surface area contributed by atoms with Crippen LogP contribution in [0.25, 0.3) is 0 Å². The van der Waals surface area contributed by atoms with Crippen LogP contribution in [0.15, 0.2) is 18.2 Å². The number of ether oxygens (including phenoxy) is 1. The van der Waals surface area contributed by atoms with Gasteiger partial charge in [0.05, 0.1) is 19.1 Å². The number of likely N-dealkylation sites (tertiary alicyclic amines) is 1. The first kappa shape index (κ1) is 18.2. The van der Waals surface area contributed by atoms with Gasteiger partial charge in [0.15, 0.2) is 11.6 Å². The van der Waals surface area contributed by atoms with E-state index in [4.69, 9.17) is 4.74 Å². The third-order valence-electron chi connectivity index (χ3n) is 4.48. The highest BCUT2D eigenvalue weighted by Gasteiger charge is 2.34. The van der Waals surface area contributed by atoms with Gasteiger partial charge in [0, 0.05) is 18.7 Å². The number of hydrogen-bond acceptors (Lipinski definition) is 3. The lowest BCUT2D eigenvalue weighted by molar-refractivity contribution is -0.148. The number of nitrogens with one attached hydrogen (secondary N) is 1. The average Bonchev–Trinajstić information content (AvgIpc) is 2.56. The predicted molar refractivity (Wildman–Crippen MR) is 84.2 cm³/mol. The SMILES string of the molecule is COC(=O)[C@@H]1CCN(C(=O)N[C@@H](C)c2cccc(F)c2F)C[C@H]1C. The van der Waals surface area contributed by atoms with Crippen LogP contribution >= 0.6 is 0 Å². The van der Waals surface area contributed by atoms with Crippen molar-refractivity contribution in [3.63, 3.8) is 0 Å². The Hall–Kier alpha value is -2.18. The Morgan fingerprint density at radius 3 is 2.71 bits per heavy atom. The highest BCUT2D eigenvalue weighted by molar-refractivity contribution is 5.76. The minimum Gasteiger partial charge on any atom is -0.469 e. The number of benzene rings is 1. The van der Waals surface area contributed by atoms with Gasteiger partial charge in [-0.3, -0.25) is 4.79 Å². The molecule has 2 amide bonds. The number of nitrogens with zero attached hydrogens (tertiary/aromatic N) is 1. The Morgan fingerprint density at radius 2 is 2.08 bits per heavy atom. The maximum atomic E-state index is 13.8. The Kier molecular flexibility index (Phi) is 5.75. The summed E-state index contributed by atoms with van der Waals surface area (Å²) in [6, 6.07) is 2.85. The van der Waals surface area contributed by atoms with Crippen LogP contribution in [0.3, 0.4) is 0 Å². The van der Waals surface area contributed by atoms with Crippen molar-refractivity contribution in [2.24, 2.45) is 11.8 Å². The van der Waals surface area contributed by atoms with Gasteiger partial charge >= 0.3 is 12.0 Å². The molecule has 5 nitrogen and oxygen atoms in total. The Labute approximate surface area is 140 Å². The maximum Gasteiger partial charge on any atom is 0.317 e. The molecule has 1 saturated heterocycles. The standard InChI is InChI=1S/C17H22F2N2O3/c1-10-9-21(8-7-12(10)16(22)24-3)17(23)20-11(2)13-5-4-6-14(18)15(13)19/h4-6,10-12H,7-9H2,1-3H3,(H,20,23)/t10-,11+,12-/m1/s1. The molecule has 132 valence electrons. The number of esters is 1. The van der Waals surface area contributed by atoms with Crippen LogP contribution < -0.4 is 5.32 Å². The lowest BCUT2D eigenvalue weighted by Crippen LogP contribution is -2.49. The summed E-state index contributed by atoms with van der Waals surface area (Å²) in [6.07, 6.45) is 0.518. The molecular weight excluding hydrogens is 318 g/mol. The van der Waals surface area contributed by atoms with Gasteiger partial charge in [-0.05, 0) is 25.3 Å². The maximum absolute atomic E-state index is 13.8. The van der Waals surface area contributed by atoms with Crippen LogP contribution in [-0.2, 0) is 9.53 Å². The average molecular weight is 340 g/mol. The molecule has 1 aromatic carbocycles. The van der Waals surface area contributed by atoms with Gasteiger partial charge in [-0.15, -0.1) is 0 Å². The number of hydrogen-bond donors (Lipinski definition) is 1. The molecule has 1 aromatic rings. The van der Waals surface area contributed by atoms with E-state index in [1.165, 1.54) is 19.2 Å². The monoisotopic (exact) mass is 340 g/mol. The third-order valence-corrected chi connectivity index (χ3v) is 4.48. The van der Waals surface area contributed by atoms with Crippen molar-refractivity contribution in [1.29, 1.82) is 0 Å². The van der Waals surface area contributed by atoms with Crippen LogP contribution in [-0.4, -0.2) is 37.1 Å². The van der Waals surface area contributed by atoms with E-state index in [-0.39, 0.29) is 29.4 Å². The van der Waals surface area contributed by atoms with Gasteiger partial charge in [-0.1, -0.05) is 19.1 Å². The second-order valence-corrected chi connectivity index (χ2v) is 6.16. The number of carbonyl (C=O) groups excluding carboxylic acids is 2. The number of halogens is 2. The van der Waals surface area contributed by atoms with Crippen LogP contribution in [0, 0.1) is 23.5 Å². The van der Waals surface area contributed by atoms with Crippen LogP contribution in [0.4, 0.5) is 13.6 Å². The lowest BCUT2D eigenvalue weighted by Gasteiger charge is -2.36. The lowest BCUT2D eigenvalue weighted by atomic mass is 9.87. The van der Waals surface area contributed by atoms with Crippen molar-refractivity contribution in [3.05, 3.63) is 35.4 Å². The number of urea groups is 1. The molecule has 1 aliphatic rings. The summed E-state index contributed by atoms with van der Waals surface area (Å²) in [5.74, 6) is -2.42. The van der Waals surface area contributed by atoms with Gasteiger partial charge in [-0.2, -0.15) is 0 Å². The number of rotatable bonds is 3. The van der Waals surface area contributed by atoms with Crippen molar-refractivity contribution in [1.82, 2.24) is 10.2 Å². The van der Waals surface area contributed by atoms with Crippen LogP contribution in [0.1, 0.15) is 31.9 Å². The van der Waals surface area contributed by atoms with Gasteiger partial charge in [-0.25, -0.2) is 13.6 Å². The normalized spacial score (nSPS) is 22.0. The summed E-state index contributed by atoms with van der Waals surface area (Å²) in [6.45, 7) is 4.30. The van der Waals surface area contributed by atoms with Gasteiger partial charge in [0.2, 0.25) is 0 Å². The van der Waals surface area contributed by atoms with E-state index in [2.05, 4.69) is 5.32 Å². The fraction of sp³-hybridized carbons (Fsp3) is 0.529. The molecule has 0 aliphatic carbocycles. The second kappa shape index (κ2) is 7.59. The van der Waals surface area contributed by atoms with Crippen molar-refractivity contribution < 1.29 is 23.1 Å².